The number of nitrogens with one attached hydrogen (secondary N) is 1. The molecule has 1 amide bonds. The largest absolute Gasteiger partial charge is 0.326 e. The number of benzene rings is 1. The van der Waals surface area contributed by atoms with Gasteiger partial charge in [-0.15, -0.1) is 11.3 Å². The Balaban J connectivity index is 2.08. The van der Waals surface area contributed by atoms with E-state index < -0.39 is 0 Å². The van der Waals surface area contributed by atoms with Crippen LogP contribution in [0.5, 0.6) is 0 Å². The predicted octanol–water partition coefficient (Wildman–Crippen LogP) is 3.01. The average molecular weight is 270 g/mol. The maximum atomic E-state index is 12.0. The number of amides is 1. The summed E-state index contributed by atoms with van der Waals surface area (Å²) >= 11 is 1.68. The van der Waals surface area contributed by atoms with Crippen molar-refractivity contribution in [2.75, 3.05) is 5.32 Å². The van der Waals surface area contributed by atoms with Crippen LogP contribution in [0.25, 0.3) is 11.6 Å². The zero-order valence-corrected chi connectivity index (χ0v) is 11.4. The van der Waals surface area contributed by atoms with Crippen LogP contribution < -0.4 is 11.1 Å². The fourth-order valence-electron chi connectivity index (χ4n) is 2.18. The van der Waals surface area contributed by atoms with E-state index in [0.717, 1.165) is 21.7 Å². The van der Waals surface area contributed by atoms with E-state index in [1.807, 2.05) is 30.3 Å². The Morgan fingerprint density at radius 2 is 2.16 bits per heavy atom. The maximum absolute atomic E-state index is 12.0. The van der Waals surface area contributed by atoms with Crippen molar-refractivity contribution in [2.45, 2.75) is 13.5 Å². The Morgan fingerprint density at radius 3 is 2.84 bits per heavy atom. The Labute approximate surface area is 115 Å². The summed E-state index contributed by atoms with van der Waals surface area (Å²) in [6.07, 6.45) is 1.94. The third kappa shape index (κ3) is 2.20. The molecule has 4 heteroatoms. The molecule has 0 saturated carbocycles. The molecule has 0 spiro atoms. The number of hydrogen-bond acceptors (Lipinski definition) is 3. The van der Waals surface area contributed by atoms with Crippen molar-refractivity contribution in [3.8, 4) is 0 Å². The number of carbonyl (C=O) groups excluding carboxylic acids is 1. The van der Waals surface area contributed by atoms with E-state index in [4.69, 9.17) is 5.73 Å². The number of fused-ring (bicyclic) bond motifs is 1. The number of carbonyl (C=O) groups is 1. The fourth-order valence-corrected chi connectivity index (χ4v) is 3.00. The molecule has 19 heavy (non-hydrogen) atoms. The molecule has 1 aromatic heterocycles. The zero-order chi connectivity index (χ0) is 13.4. The molecule has 3 rings (SSSR count). The van der Waals surface area contributed by atoms with Crippen LogP contribution in [0, 0.1) is 6.92 Å². The summed E-state index contributed by atoms with van der Waals surface area (Å²) in [7, 11) is 0. The molecular formula is C15H14N2OS. The number of aryl methyl sites for hydroxylation is 1. The van der Waals surface area contributed by atoms with Gasteiger partial charge in [0, 0.05) is 27.5 Å². The summed E-state index contributed by atoms with van der Waals surface area (Å²) in [6, 6.07) is 9.93. The van der Waals surface area contributed by atoms with Gasteiger partial charge in [-0.3, -0.25) is 4.79 Å². The van der Waals surface area contributed by atoms with Gasteiger partial charge in [-0.05, 0) is 42.8 Å². The van der Waals surface area contributed by atoms with Crippen LogP contribution >= 0.6 is 11.3 Å². The monoisotopic (exact) mass is 270 g/mol. The topological polar surface area (TPSA) is 55.1 Å². The SMILES string of the molecule is Cc1ccc(C=C2C(=O)Nc3ccc(CN)cc32)s1. The fraction of sp³-hybridized carbons (Fsp3) is 0.133. The molecule has 1 aliphatic heterocycles. The van der Waals surface area contributed by atoms with Crippen molar-refractivity contribution in [2.24, 2.45) is 5.73 Å². The highest BCUT2D eigenvalue weighted by molar-refractivity contribution is 7.12. The molecule has 0 fully saturated rings. The second-order valence-corrected chi connectivity index (χ2v) is 5.86. The van der Waals surface area contributed by atoms with Gasteiger partial charge < -0.3 is 11.1 Å². The van der Waals surface area contributed by atoms with E-state index in [1.165, 1.54) is 4.88 Å². The summed E-state index contributed by atoms with van der Waals surface area (Å²) in [5.41, 5.74) is 9.21. The molecule has 3 nitrogen and oxygen atoms in total. The van der Waals surface area contributed by atoms with E-state index in [0.29, 0.717) is 12.1 Å². The molecule has 0 bridgehead atoms. The lowest BCUT2D eigenvalue weighted by Gasteiger charge is -2.01. The standard InChI is InChI=1S/C15H14N2OS/c1-9-2-4-11(19-9)7-13-12-6-10(8-16)3-5-14(12)17-15(13)18/h2-7H,8,16H2,1H3,(H,17,18). The lowest BCUT2D eigenvalue weighted by molar-refractivity contribution is -0.110. The smallest absolute Gasteiger partial charge is 0.256 e. The van der Waals surface area contributed by atoms with Gasteiger partial charge in [0.05, 0.1) is 5.57 Å². The molecule has 0 unspecified atom stereocenters. The summed E-state index contributed by atoms with van der Waals surface area (Å²) in [4.78, 5) is 14.4. The van der Waals surface area contributed by atoms with Gasteiger partial charge in [-0.1, -0.05) is 6.07 Å². The van der Waals surface area contributed by atoms with E-state index in [2.05, 4.69) is 18.3 Å². The Morgan fingerprint density at radius 1 is 1.32 bits per heavy atom. The molecule has 2 heterocycles. The number of thiophene rings is 1. The normalized spacial score (nSPS) is 15.7. The van der Waals surface area contributed by atoms with Gasteiger partial charge in [0.25, 0.3) is 5.91 Å². The first kappa shape index (κ1) is 12.1. The van der Waals surface area contributed by atoms with Crippen molar-refractivity contribution in [3.63, 3.8) is 0 Å². The van der Waals surface area contributed by atoms with Gasteiger partial charge >= 0.3 is 0 Å². The van der Waals surface area contributed by atoms with Crippen molar-refractivity contribution >= 4 is 34.6 Å². The van der Waals surface area contributed by atoms with E-state index in [1.54, 1.807) is 11.3 Å². The zero-order valence-electron chi connectivity index (χ0n) is 10.6. The van der Waals surface area contributed by atoms with E-state index in [9.17, 15) is 4.79 Å². The minimum absolute atomic E-state index is 0.0461. The molecule has 96 valence electrons. The number of hydrogen-bond donors (Lipinski definition) is 2. The first-order valence-electron chi connectivity index (χ1n) is 6.10. The van der Waals surface area contributed by atoms with Crippen molar-refractivity contribution < 1.29 is 4.79 Å². The maximum Gasteiger partial charge on any atom is 0.256 e. The van der Waals surface area contributed by atoms with Crippen molar-refractivity contribution in [3.05, 3.63) is 51.2 Å². The molecule has 3 N–H and O–H groups in total. The summed E-state index contributed by atoms with van der Waals surface area (Å²) in [6.45, 7) is 2.54. The third-order valence-corrected chi connectivity index (χ3v) is 4.10. The van der Waals surface area contributed by atoms with Gasteiger partial charge in [0.2, 0.25) is 0 Å². The van der Waals surface area contributed by atoms with Gasteiger partial charge in [0.1, 0.15) is 0 Å². The lowest BCUT2D eigenvalue weighted by atomic mass is 10.0. The highest BCUT2D eigenvalue weighted by atomic mass is 32.1. The number of anilines is 1. The molecule has 0 atom stereocenters. The second-order valence-electron chi connectivity index (χ2n) is 4.54. The molecular weight excluding hydrogens is 256 g/mol. The van der Waals surface area contributed by atoms with Crippen LogP contribution in [0.4, 0.5) is 5.69 Å². The Bertz CT molecular complexity index is 685. The Hall–Kier alpha value is -1.91. The number of nitrogens with two attached hydrogens (primary N) is 1. The van der Waals surface area contributed by atoms with Crippen molar-refractivity contribution in [1.29, 1.82) is 0 Å². The van der Waals surface area contributed by atoms with Gasteiger partial charge in [0.15, 0.2) is 0 Å². The molecule has 1 aromatic carbocycles. The molecule has 2 aromatic rings. The predicted molar refractivity (Wildman–Crippen MR) is 79.9 cm³/mol. The molecule has 0 saturated heterocycles. The van der Waals surface area contributed by atoms with Crippen LogP contribution in [-0.4, -0.2) is 5.91 Å². The van der Waals surface area contributed by atoms with Crippen LogP contribution in [-0.2, 0) is 11.3 Å². The highest BCUT2D eigenvalue weighted by Crippen LogP contribution is 2.34. The van der Waals surface area contributed by atoms with Crippen LogP contribution in [0.1, 0.15) is 20.9 Å². The summed E-state index contributed by atoms with van der Waals surface area (Å²) in [5.74, 6) is -0.0461. The van der Waals surface area contributed by atoms with Crippen LogP contribution in [0.3, 0.4) is 0 Å². The molecule has 1 aliphatic rings. The van der Waals surface area contributed by atoms with Crippen molar-refractivity contribution in [1.82, 2.24) is 0 Å². The molecule has 0 radical (unpaired) electrons. The quantitative estimate of drug-likeness (QED) is 0.824. The summed E-state index contributed by atoms with van der Waals surface area (Å²) in [5, 5.41) is 2.88. The van der Waals surface area contributed by atoms with E-state index in [-0.39, 0.29) is 5.91 Å². The Kier molecular flexibility index (Phi) is 2.97. The molecule has 0 aliphatic carbocycles. The second kappa shape index (κ2) is 4.64. The first-order chi connectivity index (χ1) is 9.17. The van der Waals surface area contributed by atoms with Gasteiger partial charge in [-0.2, -0.15) is 0 Å². The minimum atomic E-state index is -0.0461. The lowest BCUT2D eigenvalue weighted by Crippen LogP contribution is -2.03. The van der Waals surface area contributed by atoms with E-state index >= 15 is 0 Å². The van der Waals surface area contributed by atoms with Crippen LogP contribution in [0.15, 0.2) is 30.3 Å². The van der Waals surface area contributed by atoms with Gasteiger partial charge in [-0.25, -0.2) is 0 Å². The third-order valence-electron chi connectivity index (χ3n) is 3.15. The summed E-state index contributed by atoms with van der Waals surface area (Å²) < 4.78 is 0. The van der Waals surface area contributed by atoms with Crippen LogP contribution in [0.2, 0.25) is 0 Å². The minimum Gasteiger partial charge on any atom is -0.326 e. The number of rotatable bonds is 2. The first-order valence-corrected chi connectivity index (χ1v) is 6.92. The average Bonchev–Trinajstić information content (AvgIpc) is 2.94. The highest BCUT2D eigenvalue weighted by Gasteiger charge is 2.24.